The second kappa shape index (κ2) is 6.84. The lowest BCUT2D eigenvalue weighted by atomic mass is 9.94. The lowest BCUT2D eigenvalue weighted by molar-refractivity contribution is 0.102. The van der Waals surface area contributed by atoms with Crippen molar-refractivity contribution in [2.45, 2.75) is 6.92 Å². The molecule has 0 radical (unpaired) electrons. The summed E-state index contributed by atoms with van der Waals surface area (Å²) in [4.78, 5) is 23.7. The fourth-order valence-corrected chi connectivity index (χ4v) is 3.41. The van der Waals surface area contributed by atoms with Crippen molar-refractivity contribution in [2.75, 3.05) is 10.6 Å². The highest BCUT2D eigenvalue weighted by molar-refractivity contribution is 7.13. The van der Waals surface area contributed by atoms with Gasteiger partial charge in [-0.2, -0.15) is 0 Å². The van der Waals surface area contributed by atoms with E-state index in [-0.39, 0.29) is 16.8 Å². The molecule has 4 aromatic rings. The summed E-state index contributed by atoms with van der Waals surface area (Å²) in [7, 11) is 1.99. The van der Waals surface area contributed by atoms with E-state index in [4.69, 9.17) is 0 Å². The topological polar surface area (TPSA) is 82.7 Å². The van der Waals surface area contributed by atoms with Crippen molar-refractivity contribution in [1.29, 1.82) is 0 Å². The maximum absolute atomic E-state index is 15.2. The number of thiazole rings is 1. The zero-order valence-corrected chi connectivity index (χ0v) is 15.4. The fourth-order valence-electron chi connectivity index (χ4n) is 2.88. The number of fused-ring (bicyclic) bond motifs is 1. The van der Waals surface area contributed by atoms with Crippen LogP contribution in [-0.2, 0) is 0 Å². The highest BCUT2D eigenvalue weighted by atomic mass is 32.1. The summed E-state index contributed by atoms with van der Waals surface area (Å²) in [5.41, 5.74) is 3.63. The Morgan fingerprint density at radius 1 is 1.30 bits per heavy atom. The number of H-pyrrole nitrogens is 1. The lowest BCUT2D eigenvalue weighted by Crippen LogP contribution is -2.15. The summed E-state index contributed by atoms with van der Waals surface area (Å²) < 4.78 is 15.2. The van der Waals surface area contributed by atoms with Crippen LogP contribution in [0, 0.1) is 12.7 Å². The van der Waals surface area contributed by atoms with E-state index in [2.05, 4.69) is 25.6 Å². The van der Waals surface area contributed by atoms with Crippen LogP contribution in [0.4, 0.5) is 20.9 Å². The van der Waals surface area contributed by atoms with Gasteiger partial charge in [0, 0.05) is 17.3 Å². The van der Waals surface area contributed by atoms with Crippen LogP contribution >= 0.6 is 11.3 Å². The molecule has 3 N–H and O–H groups in total. The molecule has 9 heteroatoms. The number of aromatic amines is 1. The molecule has 4 rings (SSSR count). The molecular weight excluding hydrogens is 364 g/mol. The Morgan fingerprint density at radius 2 is 2.15 bits per heavy atom. The number of aromatic nitrogens is 3. The van der Waals surface area contributed by atoms with Crippen LogP contribution in [-0.4, -0.2) is 28.7 Å². The first-order valence-electron chi connectivity index (χ1n) is 8.23. The van der Waals surface area contributed by atoms with Gasteiger partial charge in [0.15, 0.2) is 10.9 Å². The standard InChI is InChI=1S/C18H15BFN5OS/c1-9-6-10(19)2-3-12(9)24-15-11(17(26)25-18-21-4-5-27-18)7-13-16(14(15)20)23-8-22-13/h2-8,24H,19H2,1H3,(H,22,23)(H,21,25,26). The van der Waals surface area contributed by atoms with Gasteiger partial charge in [-0.25, -0.2) is 14.4 Å². The van der Waals surface area contributed by atoms with Gasteiger partial charge in [-0.05, 0) is 24.6 Å². The largest absolute Gasteiger partial charge is 0.352 e. The predicted octanol–water partition coefficient (Wildman–Crippen LogP) is 2.72. The number of halogens is 1. The van der Waals surface area contributed by atoms with Crippen molar-refractivity contribution < 1.29 is 9.18 Å². The number of benzene rings is 2. The number of amides is 1. The summed E-state index contributed by atoms with van der Waals surface area (Å²) in [6.07, 6.45) is 2.99. The van der Waals surface area contributed by atoms with E-state index in [0.29, 0.717) is 10.6 Å². The highest BCUT2D eigenvalue weighted by Gasteiger charge is 2.21. The first-order chi connectivity index (χ1) is 13.0. The molecule has 0 saturated carbocycles. The molecule has 0 unspecified atom stereocenters. The highest BCUT2D eigenvalue weighted by Crippen LogP contribution is 2.31. The minimum absolute atomic E-state index is 0.0793. The lowest BCUT2D eigenvalue weighted by Gasteiger charge is -2.15. The average Bonchev–Trinajstić information content (AvgIpc) is 3.30. The minimum Gasteiger partial charge on any atom is -0.352 e. The Bertz CT molecular complexity index is 1140. The van der Waals surface area contributed by atoms with Gasteiger partial charge in [-0.15, -0.1) is 11.3 Å². The number of anilines is 3. The molecule has 2 heterocycles. The zero-order chi connectivity index (χ0) is 19.0. The van der Waals surface area contributed by atoms with Crippen LogP contribution in [0.25, 0.3) is 11.0 Å². The van der Waals surface area contributed by atoms with Crippen LogP contribution in [0.3, 0.4) is 0 Å². The van der Waals surface area contributed by atoms with Gasteiger partial charge in [0.05, 0.1) is 23.1 Å². The summed E-state index contributed by atoms with van der Waals surface area (Å²) in [5, 5.41) is 7.97. The third kappa shape index (κ3) is 3.29. The molecule has 0 fully saturated rings. The Labute approximate surface area is 159 Å². The van der Waals surface area contributed by atoms with Gasteiger partial charge in [0.1, 0.15) is 13.4 Å². The van der Waals surface area contributed by atoms with Gasteiger partial charge in [0.25, 0.3) is 5.91 Å². The van der Waals surface area contributed by atoms with Gasteiger partial charge >= 0.3 is 0 Å². The molecule has 0 atom stereocenters. The normalized spacial score (nSPS) is 10.9. The van der Waals surface area contributed by atoms with E-state index in [1.165, 1.54) is 17.7 Å². The summed E-state index contributed by atoms with van der Waals surface area (Å²) in [6.45, 7) is 1.93. The molecular formula is C18H15BFN5OS. The van der Waals surface area contributed by atoms with E-state index >= 15 is 4.39 Å². The Morgan fingerprint density at radius 3 is 2.89 bits per heavy atom. The average molecular weight is 379 g/mol. The van der Waals surface area contributed by atoms with Crippen molar-refractivity contribution in [1.82, 2.24) is 15.0 Å². The van der Waals surface area contributed by atoms with Crippen molar-refractivity contribution in [2.24, 2.45) is 0 Å². The fraction of sp³-hybridized carbons (Fsp3) is 0.0556. The smallest absolute Gasteiger partial charge is 0.259 e. The molecule has 0 spiro atoms. The first-order valence-corrected chi connectivity index (χ1v) is 9.11. The van der Waals surface area contributed by atoms with Crippen LogP contribution in [0.2, 0.25) is 0 Å². The third-order valence-corrected chi connectivity index (χ3v) is 4.88. The monoisotopic (exact) mass is 379 g/mol. The number of nitrogens with zero attached hydrogens (tertiary/aromatic N) is 2. The quantitative estimate of drug-likeness (QED) is 0.476. The van der Waals surface area contributed by atoms with Crippen LogP contribution in [0.1, 0.15) is 15.9 Å². The van der Waals surface area contributed by atoms with E-state index in [0.717, 1.165) is 16.7 Å². The van der Waals surface area contributed by atoms with Gasteiger partial charge in [-0.3, -0.25) is 10.1 Å². The number of imidazole rings is 1. The maximum Gasteiger partial charge on any atom is 0.259 e. The summed E-state index contributed by atoms with van der Waals surface area (Å²) >= 11 is 1.29. The minimum atomic E-state index is -0.585. The van der Waals surface area contributed by atoms with Crippen molar-refractivity contribution >= 4 is 58.1 Å². The molecule has 0 aliphatic rings. The van der Waals surface area contributed by atoms with Crippen molar-refractivity contribution in [3.05, 3.63) is 59.1 Å². The van der Waals surface area contributed by atoms with Crippen molar-refractivity contribution in [3.8, 4) is 0 Å². The number of hydrogen-bond donors (Lipinski definition) is 3. The Hall–Kier alpha value is -3.20. The second-order valence-electron chi connectivity index (χ2n) is 6.15. The molecule has 0 saturated heterocycles. The molecule has 2 aromatic heterocycles. The molecule has 0 bridgehead atoms. The number of carbonyl (C=O) groups is 1. The molecule has 6 nitrogen and oxygen atoms in total. The number of carbonyl (C=O) groups excluding carboxylic acids is 1. The van der Waals surface area contributed by atoms with Crippen LogP contribution in [0.5, 0.6) is 0 Å². The van der Waals surface area contributed by atoms with Crippen molar-refractivity contribution in [3.63, 3.8) is 0 Å². The molecule has 134 valence electrons. The third-order valence-electron chi connectivity index (χ3n) is 4.19. The second-order valence-corrected chi connectivity index (χ2v) is 7.04. The van der Waals surface area contributed by atoms with Gasteiger partial charge in [0.2, 0.25) is 0 Å². The summed E-state index contributed by atoms with van der Waals surface area (Å²) in [6, 6.07) is 7.36. The van der Waals surface area contributed by atoms with Gasteiger partial charge < -0.3 is 10.3 Å². The molecule has 0 aliphatic heterocycles. The molecule has 0 aliphatic carbocycles. The predicted molar refractivity (Wildman–Crippen MR) is 109 cm³/mol. The van der Waals surface area contributed by atoms with E-state index in [1.807, 2.05) is 33.0 Å². The zero-order valence-electron chi connectivity index (χ0n) is 14.6. The Kier molecular flexibility index (Phi) is 4.37. The number of hydrogen-bond acceptors (Lipinski definition) is 5. The summed E-state index contributed by atoms with van der Waals surface area (Å²) in [5.74, 6) is -1.04. The first kappa shape index (κ1) is 17.2. The molecule has 1 amide bonds. The van der Waals surface area contributed by atoms with Crippen LogP contribution in [0.15, 0.2) is 42.2 Å². The van der Waals surface area contributed by atoms with E-state index < -0.39 is 11.7 Å². The number of nitrogens with one attached hydrogen (secondary N) is 3. The van der Waals surface area contributed by atoms with Crippen LogP contribution < -0.4 is 16.1 Å². The molecule has 2 aromatic carbocycles. The van der Waals surface area contributed by atoms with Gasteiger partial charge in [-0.1, -0.05) is 17.6 Å². The number of rotatable bonds is 4. The molecule has 27 heavy (non-hydrogen) atoms. The maximum atomic E-state index is 15.2. The van der Waals surface area contributed by atoms with E-state index in [9.17, 15) is 4.79 Å². The SMILES string of the molecule is Bc1ccc(Nc2c(C(=O)Nc3nccs3)cc3[nH]cnc3c2F)c(C)c1. The Balaban J connectivity index is 1.81. The number of aryl methyl sites for hydroxylation is 1. The van der Waals surface area contributed by atoms with E-state index in [1.54, 1.807) is 17.6 Å².